The van der Waals surface area contributed by atoms with Crippen molar-refractivity contribution in [2.75, 3.05) is 0 Å². The van der Waals surface area contributed by atoms with Crippen LogP contribution < -0.4 is 0 Å². The van der Waals surface area contributed by atoms with Gasteiger partial charge in [0, 0.05) is 5.02 Å². The van der Waals surface area contributed by atoms with Crippen molar-refractivity contribution < 1.29 is 4.39 Å². The predicted octanol–water partition coefficient (Wildman–Crippen LogP) is 3.63. The van der Waals surface area contributed by atoms with Gasteiger partial charge in [0.2, 0.25) is 0 Å². The topological polar surface area (TPSA) is 0 Å². The normalized spacial score (nSPS) is 12.9. The van der Waals surface area contributed by atoms with Gasteiger partial charge in [0.1, 0.15) is 0 Å². The SMILES string of the molecule is C[C@@H](F)CCc1ccc(Cl)cc1. The number of alkyl halides is 1. The molecule has 1 aromatic carbocycles. The highest BCUT2D eigenvalue weighted by molar-refractivity contribution is 6.30. The van der Waals surface area contributed by atoms with Gasteiger partial charge in [0.15, 0.2) is 0 Å². The smallest absolute Gasteiger partial charge is 0.0976 e. The summed E-state index contributed by atoms with van der Waals surface area (Å²) in [6, 6.07) is 7.54. The summed E-state index contributed by atoms with van der Waals surface area (Å²) in [5, 5.41) is 0.729. The lowest BCUT2D eigenvalue weighted by Crippen LogP contribution is -1.95. The number of halogens is 2. The Bertz CT molecular complexity index is 228. The van der Waals surface area contributed by atoms with Gasteiger partial charge in [-0.15, -0.1) is 0 Å². The Morgan fingerprint density at radius 3 is 2.42 bits per heavy atom. The number of hydrogen-bond donors (Lipinski definition) is 0. The Balaban J connectivity index is 2.48. The minimum atomic E-state index is -0.722. The summed E-state index contributed by atoms with van der Waals surface area (Å²) in [5.74, 6) is 0. The van der Waals surface area contributed by atoms with Crippen molar-refractivity contribution >= 4 is 11.6 Å². The van der Waals surface area contributed by atoms with E-state index in [9.17, 15) is 4.39 Å². The van der Waals surface area contributed by atoms with E-state index in [1.807, 2.05) is 24.3 Å². The first kappa shape index (κ1) is 9.53. The summed E-state index contributed by atoms with van der Waals surface area (Å²) >= 11 is 5.70. The molecule has 0 spiro atoms. The average molecular weight is 187 g/mol. The van der Waals surface area contributed by atoms with Gasteiger partial charge >= 0.3 is 0 Å². The Kier molecular flexibility index (Phi) is 3.54. The molecule has 0 saturated heterocycles. The van der Waals surface area contributed by atoms with Gasteiger partial charge in [-0.1, -0.05) is 23.7 Å². The van der Waals surface area contributed by atoms with Crippen LogP contribution in [0, 0.1) is 0 Å². The quantitative estimate of drug-likeness (QED) is 0.676. The van der Waals surface area contributed by atoms with Gasteiger partial charge in [-0.05, 0) is 37.5 Å². The predicted molar refractivity (Wildman–Crippen MR) is 50.3 cm³/mol. The highest BCUT2D eigenvalue weighted by Crippen LogP contribution is 2.12. The van der Waals surface area contributed by atoms with Crippen LogP contribution in [0.1, 0.15) is 18.9 Å². The van der Waals surface area contributed by atoms with Gasteiger partial charge in [0.05, 0.1) is 6.17 Å². The molecule has 0 N–H and O–H groups in total. The Morgan fingerprint density at radius 1 is 1.33 bits per heavy atom. The monoisotopic (exact) mass is 186 g/mol. The van der Waals surface area contributed by atoms with E-state index < -0.39 is 6.17 Å². The molecule has 0 radical (unpaired) electrons. The molecule has 1 rings (SSSR count). The zero-order valence-corrected chi connectivity index (χ0v) is 7.81. The average Bonchev–Trinajstić information content (AvgIpc) is 2.03. The molecule has 0 nitrogen and oxygen atoms in total. The van der Waals surface area contributed by atoms with Gasteiger partial charge < -0.3 is 0 Å². The molecule has 0 aliphatic carbocycles. The molecule has 0 bridgehead atoms. The Labute approximate surface area is 77.4 Å². The minimum Gasteiger partial charge on any atom is -0.248 e. The lowest BCUT2D eigenvalue weighted by atomic mass is 10.1. The standard InChI is InChI=1S/C10H12ClF/c1-8(12)2-3-9-4-6-10(11)7-5-9/h4-8H,2-3H2,1H3/t8-/m1/s1. The fourth-order valence-electron chi connectivity index (χ4n) is 1.02. The maximum absolute atomic E-state index is 12.4. The summed E-state index contributed by atoms with van der Waals surface area (Å²) in [6.45, 7) is 1.58. The minimum absolute atomic E-state index is 0.585. The van der Waals surface area contributed by atoms with E-state index in [0.717, 1.165) is 17.0 Å². The highest BCUT2D eigenvalue weighted by Gasteiger charge is 1.98. The largest absolute Gasteiger partial charge is 0.248 e. The molecular weight excluding hydrogens is 175 g/mol. The van der Waals surface area contributed by atoms with Crippen LogP contribution in [0.3, 0.4) is 0 Å². The molecule has 1 aromatic rings. The first-order valence-electron chi connectivity index (χ1n) is 4.07. The maximum atomic E-state index is 12.4. The summed E-state index contributed by atoms with van der Waals surface area (Å²) in [6.07, 6.45) is 0.650. The second-order valence-electron chi connectivity index (χ2n) is 2.95. The Morgan fingerprint density at radius 2 is 1.92 bits per heavy atom. The second kappa shape index (κ2) is 4.46. The summed E-state index contributed by atoms with van der Waals surface area (Å²) < 4.78 is 12.4. The van der Waals surface area contributed by atoms with Crippen LogP contribution in [0.25, 0.3) is 0 Å². The molecule has 0 saturated carbocycles. The molecule has 2 heteroatoms. The molecule has 1 atom stereocenters. The lowest BCUT2D eigenvalue weighted by molar-refractivity contribution is 0.341. The molecule has 66 valence electrons. The molecule has 0 unspecified atom stereocenters. The van der Waals surface area contributed by atoms with Crippen molar-refractivity contribution in [3.05, 3.63) is 34.9 Å². The van der Waals surface area contributed by atoms with Crippen molar-refractivity contribution in [3.8, 4) is 0 Å². The molecule has 0 fully saturated rings. The van der Waals surface area contributed by atoms with Crippen LogP contribution in [0.2, 0.25) is 5.02 Å². The first-order chi connectivity index (χ1) is 5.68. The summed E-state index contributed by atoms with van der Waals surface area (Å²) in [5.41, 5.74) is 1.14. The maximum Gasteiger partial charge on any atom is 0.0976 e. The molecule has 0 aliphatic rings. The third-order valence-corrected chi connectivity index (χ3v) is 2.00. The highest BCUT2D eigenvalue weighted by atomic mass is 35.5. The fraction of sp³-hybridized carbons (Fsp3) is 0.400. The number of benzene rings is 1. The Hall–Kier alpha value is -0.560. The number of hydrogen-bond acceptors (Lipinski definition) is 0. The van der Waals surface area contributed by atoms with E-state index in [2.05, 4.69) is 0 Å². The van der Waals surface area contributed by atoms with Crippen molar-refractivity contribution in [1.29, 1.82) is 0 Å². The van der Waals surface area contributed by atoms with Crippen LogP contribution in [0.5, 0.6) is 0 Å². The zero-order valence-electron chi connectivity index (χ0n) is 7.06. The number of rotatable bonds is 3. The zero-order chi connectivity index (χ0) is 8.97. The van der Waals surface area contributed by atoms with Gasteiger partial charge in [-0.3, -0.25) is 0 Å². The van der Waals surface area contributed by atoms with Crippen LogP contribution in [-0.4, -0.2) is 6.17 Å². The molecule has 0 aliphatic heterocycles. The van der Waals surface area contributed by atoms with E-state index in [1.165, 1.54) is 0 Å². The molecule has 0 aromatic heterocycles. The van der Waals surface area contributed by atoms with E-state index in [4.69, 9.17) is 11.6 Å². The van der Waals surface area contributed by atoms with E-state index in [1.54, 1.807) is 6.92 Å². The first-order valence-corrected chi connectivity index (χ1v) is 4.45. The lowest BCUT2D eigenvalue weighted by Gasteiger charge is -2.01. The molecule has 0 heterocycles. The third kappa shape index (κ3) is 3.22. The third-order valence-electron chi connectivity index (χ3n) is 1.74. The van der Waals surface area contributed by atoms with Crippen molar-refractivity contribution in [2.24, 2.45) is 0 Å². The van der Waals surface area contributed by atoms with Gasteiger partial charge in [-0.25, -0.2) is 4.39 Å². The number of aryl methyl sites for hydroxylation is 1. The van der Waals surface area contributed by atoms with Gasteiger partial charge in [0.25, 0.3) is 0 Å². The van der Waals surface area contributed by atoms with Crippen LogP contribution >= 0.6 is 11.6 Å². The van der Waals surface area contributed by atoms with Crippen molar-refractivity contribution in [3.63, 3.8) is 0 Å². The van der Waals surface area contributed by atoms with Crippen molar-refractivity contribution in [1.82, 2.24) is 0 Å². The van der Waals surface area contributed by atoms with E-state index >= 15 is 0 Å². The molecule has 0 amide bonds. The fourth-order valence-corrected chi connectivity index (χ4v) is 1.14. The van der Waals surface area contributed by atoms with Gasteiger partial charge in [-0.2, -0.15) is 0 Å². The molecular formula is C10H12ClF. The summed E-state index contributed by atoms with van der Waals surface area (Å²) in [7, 11) is 0. The van der Waals surface area contributed by atoms with E-state index in [-0.39, 0.29) is 0 Å². The molecule has 12 heavy (non-hydrogen) atoms. The van der Waals surface area contributed by atoms with Crippen LogP contribution in [0.4, 0.5) is 4.39 Å². The van der Waals surface area contributed by atoms with Crippen LogP contribution in [-0.2, 0) is 6.42 Å². The second-order valence-corrected chi connectivity index (χ2v) is 3.38. The summed E-state index contributed by atoms with van der Waals surface area (Å²) in [4.78, 5) is 0. The van der Waals surface area contributed by atoms with E-state index in [0.29, 0.717) is 6.42 Å². The van der Waals surface area contributed by atoms with Crippen molar-refractivity contribution in [2.45, 2.75) is 25.9 Å². The van der Waals surface area contributed by atoms with Crippen LogP contribution in [0.15, 0.2) is 24.3 Å².